The minimum Gasteiger partial charge on any atom is -0.349 e. The van der Waals surface area contributed by atoms with E-state index in [1.807, 2.05) is 45.6 Å². The molecule has 0 fully saturated rings. The molecule has 0 unspecified atom stereocenters. The van der Waals surface area contributed by atoms with Crippen molar-refractivity contribution in [3.05, 3.63) is 30.7 Å². The van der Waals surface area contributed by atoms with Gasteiger partial charge >= 0.3 is 0 Å². The Balaban J connectivity index is 0.000000336. The molecule has 64 valence electrons. The van der Waals surface area contributed by atoms with Gasteiger partial charge in [-0.15, -0.1) is 0 Å². The first-order chi connectivity index (χ1) is 5.88. The third-order valence-corrected chi connectivity index (χ3v) is 1.69. The molecule has 0 aliphatic heterocycles. The lowest BCUT2D eigenvalue weighted by Gasteiger charge is -1.91. The van der Waals surface area contributed by atoms with E-state index in [1.54, 1.807) is 0 Å². The largest absolute Gasteiger partial charge is 0.349 e. The van der Waals surface area contributed by atoms with Gasteiger partial charge in [0.25, 0.3) is 0 Å². The Morgan fingerprint density at radius 2 is 2.00 bits per heavy atom. The molecule has 0 aromatic carbocycles. The molecule has 0 saturated carbocycles. The van der Waals surface area contributed by atoms with Gasteiger partial charge in [0.1, 0.15) is 0 Å². The zero-order chi connectivity index (χ0) is 8.97. The van der Waals surface area contributed by atoms with Crippen molar-refractivity contribution >= 4 is 10.9 Å². The molecule has 0 saturated heterocycles. The highest BCUT2D eigenvalue weighted by atomic mass is 14.9. The van der Waals surface area contributed by atoms with Crippen LogP contribution >= 0.6 is 0 Å². The molecule has 2 aromatic heterocycles. The van der Waals surface area contributed by atoms with E-state index < -0.39 is 0 Å². The lowest BCUT2D eigenvalue weighted by molar-refractivity contribution is 0.965. The second-order valence-corrected chi connectivity index (χ2v) is 2.36. The maximum Gasteiger partial charge on any atom is 0.0664 e. The zero-order valence-electron chi connectivity index (χ0n) is 7.78. The number of pyridine rings is 1. The average Bonchev–Trinajstić information content (AvgIpc) is 2.53. The topological polar surface area (TPSA) is 17.8 Å². The monoisotopic (exact) mass is 162 g/mol. The van der Waals surface area contributed by atoms with Crippen LogP contribution in [0.5, 0.6) is 0 Å². The van der Waals surface area contributed by atoms with E-state index in [2.05, 4.69) is 15.6 Å². The molecule has 0 N–H and O–H groups in total. The molecule has 0 radical (unpaired) electrons. The Kier molecular flexibility index (Phi) is 2.86. The summed E-state index contributed by atoms with van der Waals surface area (Å²) in [4.78, 5) is 4.03. The number of nitrogens with zero attached hydrogens (tertiary/aromatic N) is 2. The normalized spacial score (nSPS) is 9.25. The van der Waals surface area contributed by atoms with Gasteiger partial charge in [0.15, 0.2) is 0 Å². The lowest BCUT2D eigenvalue weighted by atomic mass is 10.3. The smallest absolute Gasteiger partial charge is 0.0664 e. The Morgan fingerprint density at radius 3 is 2.67 bits per heavy atom. The van der Waals surface area contributed by atoms with E-state index in [0.717, 1.165) is 0 Å². The molecule has 0 aliphatic rings. The summed E-state index contributed by atoms with van der Waals surface area (Å²) in [6.07, 6.45) is 5.71. The Hall–Kier alpha value is -1.31. The van der Waals surface area contributed by atoms with Crippen LogP contribution in [0.4, 0.5) is 0 Å². The number of hydrogen-bond donors (Lipinski definition) is 0. The van der Waals surface area contributed by atoms with E-state index >= 15 is 0 Å². The van der Waals surface area contributed by atoms with Crippen molar-refractivity contribution in [2.45, 2.75) is 13.8 Å². The van der Waals surface area contributed by atoms with Gasteiger partial charge in [0.2, 0.25) is 0 Å². The van der Waals surface area contributed by atoms with Gasteiger partial charge in [-0.05, 0) is 12.1 Å². The number of fused-ring (bicyclic) bond motifs is 1. The summed E-state index contributed by atoms with van der Waals surface area (Å²) in [5, 5.41) is 1.25. The first kappa shape index (κ1) is 8.78. The van der Waals surface area contributed by atoms with Gasteiger partial charge in [-0.25, -0.2) is 0 Å². The maximum atomic E-state index is 4.03. The van der Waals surface area contributed by atoms with E-state index in [-0.39, 0.29) is 0 Å². The summed E-state index contributed by atoms with van der Waals surface area (Å²) >= 11 is 0. The van der Waals surface area contributed by atoms with E-state index in [1.165, 1.54) is 10.9 Å². The van der Waals surface area contributed by atoms with Crippen molar-refractivity contribution < 1.29 is 0 Å². The van der Waals surface area contributed by atoms with E-state index in [4.69, 9.17) is 0 Å². The number of aryl methyl sites for hydroxylation is 1. The summed E-state index contributed by atoms with van der Waals surface area (Å²) in [7, 11) is 2.02. The van der Waals surface area contributed by atoms with Crippen LogP contribution in [0.1, 0.15) is 13.8 Å². The molecule has 0 spiro atoms. The first-order valence-corrected chi connectivity index (χ1v) is 4.23. The standard InChI is InChI=1S/C8H8N2.C2H6/c1-10-5-3-7-2-4-9-6-8(7)10;1-2/h2-6H,1H3;1-2H3. The van der Waals surface area contributed by atoms with Crippen LogP contribution in [-0.2, 0) is 7.05 Å². The van der Waals surface area contributed by atoms with Gasteiger partial charge in [-0.3, -0.25) is 4.98 Å². The predicted octanol–water partition coefficient (Wildman–Crippen LogP) is 2.60. The molecular formula is C10H14N2. The highest BCUT2D eigenvalue weighted by Crippen LogP contribution is 2.10. The van der Waals surface area contributed by atoms with Crippen LogP contribution in [0, 0.1) is 0 Å². The summed E-state index contributed by atoms with van der Waals surface area (Å²) in [5.74, 6) is 0. The van der Waals surface area contributed by atoms with Gasteiger partial charge in [-0.2, -0.15) is 0 Å². The zero-order valence-corrected chi connectivity index (χ0v) is 7.78. The molecule has 2 aromatic rings. The molecule has 0 bridgehead atoms. The number of hydrogen-bond acceptors (Lipinski definition) is 1. The van der Waals surface area contributed by atoms with Crippen LogP contribution in [0.3, 0.4) is 0 Å². The van der Waals surface area contributed by atoms with Crippen molar-refractivity contribution in [3.63, 3.8) is 0 Å². The summed E-state index contributed by atoms with van der Waals surface area (Å²) in [6, 6.07) is 4.09. The quantitative estimate of drug-likeness (QED) is 0.582. The summed E-state index contributed by atoms with van der Waals surface area (Å²) < 4.78 is 2.06. The van der Waals surface area contributed by atoms with Crippen molar-refractivity contribution in [1.82, 2.24) is 9.55 Å². The average molecular weight is 162 g/mol. The van der Waals surface area contributed by atoms with Gasteiger partial charge in [0, 0.05) is 24.8 Å². The van der Waals surface area contributed by atoms with Crippen LogP contribution < -0.4 is 0 Å². The van der Waals surface area contributed by atoms with Crippen molar-refractivity contribution in [2.75, 3.05) is 0 Å². The fraction of sp³-hybridized carbons (Fsp3) is 0.300. The minimum atomic E-state index is 1.18. The van der Waals surface area contributed by atoms with Crippen molar-refractivity contribution in [3.8, 4) is 0 Å². The third kappa shape index (κ3) is 1.47. The van der Waals surface area contributed by atoms with Crippen LogP contribution in [-0.4, -0.2) is 9.55 Å². The molecule has 0 atom stereocenters. The van der Waals surface area contributed by atoms with E-state index in [0.29, 0.717) is 0 Å². The molecule has 2 heteroatoms. The van der Waals surface area contributed by atoms with Crippen LogP contribution in [0.2, 0.25) is 0 Å². The fourth-order valence-electron chi connectivity index (χ4n) is 1.10. The third-order valence-electron chi connectivity index (χ3n) is 1.69. The Bertz CT molecular complexity index is 349. The molecule has 2 rings (SSSR count). The molecule has 12 heavy (non-hydrogen) atoms. The van der Waals surface area contributed by atoms with Crippen molar-refractivity contribution in [2.24, 2.45) is 7.05 Å². The summed E-state index contributed by atoms with van der Waals surface area (Å²) in [5.41, 5.74) is 1.18. The Morgan fingerprint density at radius 1 is 1.25 bits per heavy atom. The second-order valence-electron chi connectivity index (χ2n) is 2.36. The van der Waals surface area contributed by atoms with Gasteiger partial charge in [0.05, 0.1) is 11.7 Å². The maximum absolute atomic E-state index is 4.03. The fourth-order valence-corrected chi connectivity index (χ4v) is 1.10. The molecule has 2 heterocycles. The van der Waals surface area contributed by atoms with Gasteiger partial charge in [-0.1, -0.05) is 13.8 Å². The van der Waals surface area contributed by atoms with Crippen molar-refractivity contribution in [1.29, 1.82) is 0 Å². The molecule has 0 aliphatic carbocycles. The first-order valence-electron chi connectivity index (χ1n) is 4.23. The lowest BCUT2D eigenvalue weighted by Crippen LogP contribution is -1.83. The summed E-state index contributed by atoms with van der Waals surface area (Å²) in [6.45, 7) is 4.00. The second kappa shape index (κ2) is 3.90. The predicted molar refractivity (Wildman–Crippen MR) is 52.1 cm³/mol. The number of aromatic nitrogens is 2. The molecule has 2 nitrogen and oxygen atoms in total. The van der Waals surface area contributed by atoms with Crippen LogP contribution in [0.15, 0.2) is 30.7 Å². The highest BCUT2D eigenvalue weighted by molar-refractivity contribution is 5.78. The highest BCUT2D eigenvalue weighted by Gasteiger charge is 1.93. The van der Waals surface area contributed by atoms with Crippen LogP contribution in [0.25, 0.3) is 10.9 Å². The van der Waals surface area contributed by atoms with E-state index in [9.17, 15) is 0 Å². The number of rotatable bonds is 0. The Labute approximate surface area is 72.9 Å². The minimum absolute atomic E-state index is 1.18. The SMILES string of the molecule is CC.Cn1ccc2ccncc21. The molecular weight excluding hydrogens is 148 g/mol. The molecule has 0 amide bonds. The van der Waals surface area contributed by atoms with Gasteiger partial charge < -0.3 is 4.57 Å².